The van der Waals surface area contributed by atoms with E-state index in [4.69, 9.17) is 10.7 Å². The standard InChI is InChI=1S/C19H23N3/c1-13-6-8-15(3)16(11-13)19-17(5-4-10-20)22-12-14(2)7-9-18(22)21-19/h6-9,11-12H,4-5,10,20H2,1-3H3. The summed E-state index contributed by atoms with van der Waals surface area (Å²) >= 11 is 0. The first-order chi connectivity index (χ1) is 10.6. The number of nitrogens with two attached hydrogens (primary N) is 1. The quantitative estimate of drug-likeness (QED) is 0.794. The topological polar surface area (TPSA) is 43.3 Å². The molecular weight excluding hydrogens is 270 g/mol. The van der Waals surface area contributed by atoms with Crippen molar-refractivity contribution in [3.8, 4) is 11.3 Å². The second-order valence-electron chi connectivity index (χ2n) is 6.05. The lowest BCUT2D eigenvalue weighted by molar-refractivity contribution is 0.803. The van der Waals surface area contributed by atoms with Gasteiger partial charge >= 0.3 is 0 Å². The highest BCUT2D eigenvalue weighted by Gasteiger charge is 2.15. The molecule has 0 saturated heterocycles. The van der Waals surface area contributed by atoms with E-state index in [0.717, 1.165) is 24.2 Å². The van der Waals surface area contributed by atoms with Crippen molar-refractivity contribution in [2.24, 2.45) is 5.73 Å². The van der Waals surface area contributed by atoms with E-state index in [0.29, 0.717) is 6.54 Å². The fourth-order valence-electron chi connectivity index (χ4n) is 2.91. The monoisotopic (exact) mass is 293 g/mol. The normalized spacial score (nSPS) is 11.3. The smallest absolute Gasteiger partial charge is 0.137 e. The molecule has 3 nitrogen and oxygen atoms in total. The molecule has 0 atom stereocenters. The maximum Gasteiger partial charge on any atom is 0.137 e. The highest BCUT2D eigenvalue weighted by molar-refractivity contribution is 5.70. The predicted octanol–water partition coefficient (Wildman–Crippen LogP) is 3.82. The zero-order valence-corrected chi connectivity index (χ0v) is 13.6. The number of fused-ring (bicyclic) bond motifs is 1. The Hall–Kier alpha value is -2.13. The molecule has 2 N–H and O–H groups in total. The Morgan fingerprint density at radius 1 is 1.05 bits per heavy atom. The number of nitrogens with zero attached hydrogens (tertiary/aromatic N) is 2. The molecule has 2 aromatic heterocycles. The van der Waals surface area contributed by atoms with E-state index in [9.17, 15) is 0 Å². The minimum atomic E-state index is 0.700. The van der Waals surface area contributed by atoms with Gasteiger partial charge in [-0.15, -0.1) is 0 Å². The number of imidazole rings is 1. The van der Waals surface area contributed by atoms with Crippen LogP contribution in [0.5, 0.6) is 0 Å². The van der Waals surface area contributed by atoms with E-state index >= 15 is 0 Å². The molecule has 22 heavy (non-hydrogen) atoms. The van der Waals surface area contributed by atoms with Crippen molar-refractivity contribution in [3.05, 3.63) is 58.9 Å². The molecule has 0 aliphatic carbocycles. The second-order valence-corrected chi connectivity index (χ2v) is 6.05. The fraction of sp³-hybridized carbons (Fsp3) is 0.316. The summed E-state index contributed by atoms with van der Waals surface area (Å²) in [7, 11) is 0. The van der Waals surface area contributed by atoms with Gasteiger partial charge in [-0.25, -0.2) is 4.98 Å². The van der Waals surface area contributed by atoms with Crippen LogP contribution in [0.4, 0.5) is 0 Å². The van der Waals surface area contributed by atoms with Gasteiger partial charge in [-0.3, -0.25) is 0 Å². The Kier molecular flexibility index (Phi) is 3.99. The van der Waals surface area contributed by atoms with Crippen LogP contribution in [0.25, 0.3) is 16.9 Å². The van der Waals surface area contributed by atoms with Gasteiger partial charge in [-0.2, -0.15) is 0 Å². The maximum absolute atomic E-state index is 5.73. The zero-order chi connectivity index (χ0) is 15.7. The van der Waals surface area contributed by atoms with Gasteiger partial charge < -0.3 is 10.1 Å². The van der Waals surface area contributed by atoms with Crippen molar-refractivity contribution in [1.82, 2.24) is 9.38 Å². The van der Waals surface area contributed by atoms with Gasteiger partial charge in [0.05, 0.1) is 11.4 Å². The average Bonchev–Trinajstić information content (AvgIpc) is 2.85. The third kappa shape index (κ3) is 2.64. The molecule has 114 valence electrons. The first-order valence-electron chi connectivity index (χ1n) is 7.85. The van der Waals surface area contributed by atoms with E-state index in [1.807, 2.05) is 0 Å². The Morgan fingerprint density at radius 3 is 2.59 bits per heavy atom. The van der Waals surface area contributed by atoms with Crippen molar-refractivity contribution in [3.63, 3.8) is 0 Å². The van der Waals surface area contributed by atoms with Gasteiger partial charge in [0.25, 0.3) is 0 Å². The van der Waals surface area contributed by atoms with E-state index in [1.54, 1.807) is 0 Å². The average molecular weight is 293 g/mol. The van der Waals surface area contributed by atoms with Crippen LogP contribution in [-0.4, -0.2) is 15.9 Å². The maximum atomic E-state index is 5.73. The van der Waals surface area contributed by atoms with Crippen LogP contribution in [0, 0.1) is 20.8 Å². The molecule has 3 rings (SSSR count). The van der Waals surface area contributed by atoms with Crippen molar-refractivity contribution in [2.45, 2.75) is 33.6 Å². The van der Waals surface area contributed by atoms with Crippen LogP contribution in [0.15, 0.2) is 36.5 Å². The van der Waals surface area contributed by atoms with Gasteiger partial charge in [0.1, 0.15) is 5.65 Å². The Morgan fingerprint density at radius 2 is 1.82 bits per heavy atom. The van der Waals surface area contributed by atoms with Crippen LogP contribution in [0.2, 0.25) is 0 Å². The number of aryl methyl sites for hydroxylation is 4. The summed E-state index contributed by atoms with van der Waals surface area (Å²) in [5.74, 6) is 0. The molecule has 0 amide bonds. The van der Waals surface area contributed by atoms with Gasteiger partial charge in [-0.1, -0.05) is 23.8 Å². The number of hydrogen-bond donors (Lipinski definition) is 1. The first-order valence-corrected chi connectivity index (χ1v) is 7.85. The van der Waals surface area contributed by atoms with E-state index in [1.165, 1.54) is 27.9 Å². The lowest BCUT2D eigenvalue weighted by atomic mass is 10.0. The Bertz CT molecular complexity index is 815. The van der Waals surface area contributed by atoms with E-state index < -0.39 is 0 Å². The van der Waals surface area contributed by atoms with Crippen LogP contribution in [0.3, 0.4) is 0 Å². The van der Waals surface area contributed by atoms with Gasteiger partial charge in [-0.05, 0) is 63.4 Å². The Labute approximate surface area is 131 Å². The molecule has 0 radical (unpaired) electrons. The molecule has 3 heteroatoms. The van der Waals surface area contributed by atoms with Crippen LogP contribution < -0.4 is 5.73 Å². The van der Waals surface area contributed by atoms with Crippen molar-refractivity contribution >= 4 is 5.65 Å². The van der Waals surface area contributed by atoms with Gasteiger partial charge in [0, 0.05) is 11.8 Å². The predicted molar refractivity (Wildman–Crippen MR) is 92.2 cm³/mol. The lowest BCUT2D eigenvalue weighted by Crippen LogP contribution is -2.03. The van der Waals surface area contributed by atoms with Crippen LogP contribution >= 0.6 is 0 Å². The molecular formula is C19H23N3. The summed E-state index contributed by atoms with van der Waals surface area (Å²) in [6.45, 7) is 7.09. The molecule has 0 aliphatic heterocycles. The van der Waals surface area contributed by atoms with E-state index in [2.05, 4.69) is 61.7 Å². The molecule has 2 heterocycles. The summed E-state index contributed by atoms with van der Waals surface area (Å²) in [4.78, 5) is 4.90. The fourth-order valence-corrected chi connectivity index (χ4v) is 2.91. The molecule has 0 saturated carbocycles. The number of rotatable bonds is 4. The van der Waals surface area contributed by atoms with Crippen LogP contribution in [0.1, 0.15) is 28.8 Å². The number of pyridine rings is 1. The first kappa shape index (κ1) is 14.8. The van der Waals surface area contributed by atoms with Crippen molar-refractivity contribution in [1.29, 1.82) is 0 Å². The molecule has 0 fully saturated rings. The van der Waals surface area contributed by atoms with E-state index in [-0.39, 0.29) is 0 Å². The third-order valence-corrected chi connectivity index (χ3v) is 4.13. The van der Waals surface area contributed by atoms with Crippen molar-refractivity contribution < 1.29 is 0 Å². The molecule has 0 aliphatic rings. The Balaban J connectivity index is 2.25. The van der Waals surface area contributed by atoms with Gasteiger partial charge in [0.2, 0.25) is 0 Å². The molecule has 0 spiro atoms. The molecule has 0 bridgehead atoms. The third-order valence-electron chi connectivity index (χ3n) is 4.13. The summed E-state index contributed by atoms with van der Waals surface area (Å²) in [6.07, 6.45) is 4.09. The number of hydrogen-bond acceptors (Lipinski definition) is 2. The molecule has 3 aromatic rings. The number of aromatic nitrogens is 2. The zero-order valence-electron chi connectivity index (χ0n) is 13.6. The summed E-state index contributed by atoms with van der Waals surface area (Å²) < 4.78 is 2.22. The largest absolute Gasteiger partial charge is 0.330 e. The minimum Gasteiger partial charge on any atom is -0.330 e. The van der Waals surface area contributed by atoms with Crippen molar-refractivity contribution in [2.75, 3.05) is 6.54 Å². The summed E-state index contributed by atoms with van der Waals surface area (Å²) in [5.41, 5.74) is 14.1. The summed E-state index contributed by atoms with van der Waals surface area (Å²) in [5, 5.41) is 0. The van der Waals surface area contributed by atoms with Gasteiger partial charge in [0.15, 0.2) is 0 Å². The minimum absolute atomic E-state index is 0.700. The summed E-state index contributed by atoms with van der Waals surface area (Å²) in [6, 6.07) is 10.8. The SMILES string of the molecule is Cc1ccc(C)c(-c2nc3ccc(C)cn3c2CCCN)c1. The second kappa shape index (κ2) is 5.93. The molecule has 0 unspecified atom stereocenters. The molecule has 1 aromatic carbocycles. The van der Waals surface area contributed by atoms with Crippen LogP contribution in [-0.2, 0) is 6.42 Å². The highest BCUT2D eigenvalue weighted by Crippen LogP contribution is 2.29. The number of benzene rings is 1. The highest BCUT2D eigenvalue weighted by atomic mass is 15.0. The lowest BCUT2D eigenvalue weighted by Gasteiger charge is -2.08.